The number of hydrogen-bond acceptors (Lipinski definition) is 3. The molecule has 2 heterocycles. The van der Waals surface area contributed by atoms with E-state index in [1.807, 2.05) is 0 Å². The summed E-state index contributed by atoms with van der Waals surface area (Å²) < 4.78 is 1.38. The molecule has 1 aliphatic rings. The molecule has 1 aliphatic heterocycles. The summed E-state index contributed by atoms with van der Waals surface area (Å²) in [5, 5.41) is 9.52. The van der Waals surface area contributed by atoms with Crippen molar-refractivity contribution in [2.75, 3.05) is 13.1 Å². The Bertz CT molecular complexity index is 481. The summed E-state index contributed by atoms with van der Waals surface area (Å²) in [6, 6.07) is 3.21. The molecule has 1 aromatic heterocycles. The Balaban J connectivity index is 2.25. The molecule has 0 bridgehead atoms. The van der Waals surface area contributed by atoms with Crippen molar-refractivity contribution in [3.05, 3.63) is 34.2 Å². The van der Waals surface area contributed by atoms with E-state index in [0.29, 0.717) is 13.1 Å². The lowest BCUT2D eigenvalue weighted by Crippen LogP contribution is -2.44. The molecular formula is C12H16N2O3. The van der Waals surface area contributed by atoms with E-state index in [0.717, 1.165) is 12.8 Å². The van der Waals surface area contributed by atoms with Gasteiger partial charge in [0.2, 0.25) is 0 Å². The molecule has 1 atom stereocenters. The lowest BCUT2D eigenvalue weighted by Gasteiger charge is -2.29. The predicted octanol–water partition coefficient (Wildman–Crippen LogP) is -0.0178. The van der Waals surface area contributed by atoms with Gasteiger partial charge in [0.25, 0.3) is 11.5 Å². The van der Waals surface area contributed by atoms with Crippen LogP contribution in [0.5, 0.6) is 0 Å². The summed E-state index contributed by atoms with van der Waals surface area (Å²) >= 11 is 0. The minimum Gasteiger partial charge on any atom is -0.391 e. The van der Waals surface area contributed by atoms with Crippen molar-refractivity contribution in [3.8, 4) is 0 Å². The van der Waals surface area contributed by atoms with Crippen molar-refractivity contribution in [2.24, 2.45) is 7.05 Å². The van der Waals surface area contributed by atoms with Crippen molar-refractivity contribution in [1.82, 2.24) is 9.47 Å². The molecule has 5 heteroatoms. The normalized spacial score (nSPS) is 20.4. The van der Waals surface area contributed by atoms with Gasteiger partial charge in [-0.1, -0.05) is 0 Å². The van der Waals surface area contributed by atoms with Crippen LogP contribution < -0.4 is 5.56 Å². The van der Waals surface area contributed by atoms with Gasteiger partial charge in [0.15, 0.2) is 0 Å². The number of aliphatic hydroxyl groups is 1. The van der Waals surface area contributed by atoms with Crippen LogP contribution in [0.2, 0.25) is 0 Å². The second-order valence-electron chi connectivity index (χ2n) is 4.39. The number of aliphatic hydroxyl groups excluding tert-OH is 1. The summed E-state index contributed by atoms with van der Waals surface area (Å²) in [6.07, 6.45) is 2.64. The van der Waals surface area contributed by atoms with Crippen LogP contribution in [0.3, 0.4) is 0 Å². The number of carbonyl (C=O) groups excluding carboxylic acids is 1. The average molecular weight is 236 g/mol. The number of likely N-dealkylation sites (tertiary alicyclic amines) is 1. The Morgan fingerprint density at radius 2 is 2.29 bits per heavy atom. The second kappa shape index (κ2) is 4.71. The quantitative estimate of drug-likeness (QED) is 0.745. The van der Waals surface area contributed by atoms with Gasteiger partial charge in [0.1, 0.15) is 5.56 Å². The molecule has 0 radical (unpaired) electrons. The maximum absolute atomic E-state index is 12.1. The Morgan fingerprint density at radius 1 is 1.53 bits per heavy atom. The van der Waals surface area contributed by atoms with Crippen molar-refractivity contribution < 1.29 is 9.90 Å². The van der Waals surface area contributed by atoms with E-state index >= 15 is 0 Å². The Labute approximate surface area is 99.3 Å². The number of aromatic nitrogens is 1. The van der Waals surface area contributed by atoms with Gasteiger partial charge in [-0.3, -0.25) is 9.59 Å². The fourth-order valence-electron chi connectivity index (χ4n) is 2.07. The molecule has 92 valence electrons. The molecule has 0 saturated carbocycles. The monoisotopic (exact) mass is 236 g/mol. The third kappa shape index (κ3) is 2.39. The van der Waals surface area contributed by atoms with Gasteiger partial charge in [-0.15, -0.1) is 0 Å². The van der Waals surface area contributed by atoms with E-state index in [-0.39, 0.29) is 17.0 Å². The first-order valence-corrected chi connectivity index (χ1v) is 5.72. The highest BCUT2D eigenvalue weighted by Crippen LogP contribution is 2.12. The molecule has 1 aromatic rings. The Kier molecular flexibility index (Phi) is 3.28. The van der Waals surface area contributed by atoms with Crippen LogP contribution in [-0.4, -0.2) is 39.7 Å². The number of hydrogen-bond donors (Lipinski definition) is 1. The topological polar surface area (TPSA) is 62.5 Å². The smallest absolute Gasteiger partial charge is 0.263 e. The summed E-state index contributed by atoms with van der Waals surface area (Å²) in [7, 11) is 1.62. The number of piperidine rings is 1. The van der Waals surface area contributed by atoms with Crippen LogP contribution in [-0.2, 0) is 7.05 Å². The molecule has 0 spiro atoms. The molecule has 0 unspecified atom stereocenters. The van der Waals surface area contributed by atoms with E-state index in [1.54, 1.807) is 24.2 Å². The highest BCUT2D eigenvalue weighted by molar-refractivity contribution is 5.93. The molecule has 5 nitrogen and oxygen atoms in total. The van der Waals surface area contributed by atoms with Crippen LogP contribution in [0.4, 0.5) is 0 Å². The average Bonchev–Trinajstić information content (AvgIpc) is 2.32. The molecular weight excluding hydrogens is 220 g/mol. The first-order valence-electron chi connectivity index (χ1n) is 5.72. The SMILES string of the molecule is Cn1cccc(C(=O)N2CCC[C@@H](O)C2)c1=O. The zero-order valence-electron chi connectivity index (χ0n) is 9.80. The fourth-order valence-corrected chi connectivity index (χ4v) is 2.07. The van der Waals surface area contributed by atoms with Gasteiger partial charge in [0.05, 0.1) is 6.10 Å². The van der Waals surface area contributed by atoms with Crippen molar-refractivity contribution in [1.29, 1.82) is 0 Å². The number of carbonyl (C=O) groups is 1. The van der Waals surface area contributed by atoms with E-state index < -0.39 is 6.10 Å². The second-order valence-corrected chi connectivity index (χ2v) is 4.39. The van der Waals surface area contributed by atoms with Crippen molar-refractivity contribution >= 4 is 5.91 Å². The van der Waals surface area contributed by atoms with Gasteiger partial charge < -0.3 is 14.6 Å². The zero-order chi connectivity index (χ0) is 12.4. The van der Waals surface area contributed by atoms with Crippen LogP contribution in [0, 0.1) is 0 Å². The largest absolute Gasteiger partial charge is 0.391 e. The van der Waals surface area contributed by atoms with Crippen LogP contribution >= 0.6 is 0 Å². The molecule has 17 heavy (non-hydrogen) atoms. The molecule has 0 aliphatic carbocycles. The summed E-state index contributed by atoms with van der Waals surface area (Å²) in [6.45, 7) is 0.921. The Morgan fingerprint density at radius 3 is 3.00 bits per heavy atom. The summed E-state index contributed by atoms with van der Waals surface area (Å²) in [5.74, 6) is -0.287. The van der Waals surface area contributed by atoms with Gasteiger partial charge >= 0.3 is 0 Å². The molecule has 1 fully saturated rings. The number of pyridine rings is 1. The highest BCUT2D eigenvalue weighted by Gasteiger charge is 2.24. The zero-order valence-corrected chi connectivity index (χ0v) is 9.80. The molecule has 0 aromatic carbocycles. The number of aryl methyl sites for hydroxylation is 1. The first kappa shape index (κ1) is 11.9. The maximum Gasteiger partial charge on any atom is 0.263 e. The van der Waals surface area contributed by atoms with E-state index in [4.69, 9.17) is 0 Å². The first-order chi connectivity index (χ1) is 8.09. The third-order valence-corrected chi connectivity index (χ3v) is 3.04. The molecule has 1 saturated heterocycles. The molecule has 1 amide bonds. The van der Waals surface area contributed by atoms with Gasteiger partial charge in [-0.05, 0) is 25.0 Å². The number of nitrogens with zero attached hydrogens (tertiary/aromatic N) is 2. The summed E-state index contributed by atoms with van der Waals surface area (Å²) in [5.41, 5.74) is -0.123. The van der Waals surface area contributed by atoms with Gasteiger partial charge in [-0.2, -0.15) is 0 Å². The maximum atomic E-state index is 12.1. The number of amides is 1. The molecule has 1 N–H and O–H groups in total. The third-order valence-electron chi connectivity index (χ3n) is 3.04. The van der Waals surface area contributed by atoms with Crippen LogP contribution in [0.15, 0.2) is 23.1 Å². The Hall–Kier alpha value is -1.62. The van der Waals surface area contributed by atoms with Gasteiger partial charge in [0, 0.05) is 26.3 Å². The predicted molar refractivity (Wildman–Crippen MR) is 62.8 cm³/mol. The molecule has 2 rings (SSSR count). The van der Waals surface area contributed by atoms with Crippen molar-refractivity contribution in [3.63, 3.8) is 0 Å². The van der Waals surface area contributed by atoms with Crippen LogP contribution in [0.25, 0.3) is 0 Å². The minimum absolute atomic E-state index is 0.170. The van der Waals surface area contributed by atoms with Crippen molar-refractivity contribution in [2.45, 2.75) is 18.9 Å². The van der Waals surface area contributed by atoms with Gasteiger partial charge in [-0.25, -0.2) is 0 Å². The van der Waals surface area contributed by atoms with Crippen LogP contribution in [0.1, 0.15) is 23.2 Å². The lowest BCUT2D eigenvalue weighted by atomic mass is 10.1. The summed E-state index contributed by atoms with van der Waals surface area (Å²) in [4.78, 5) is 25.5. The van der Waals surface area contributed by atoms with E-state index in [2.05, 4.69) is 0 Å². The van der Waals surface area contributed by atoms with E-state index in [1.165, 1.54) is 10.6 Å². The fraction of sp³-hybridized carbons (Fsp3) is 0.500. The number of rotatable bonds is 1. The van der Waals surface area contributed by atoms with E-state index in [9.17, 15) is 14.7 Å². The standard InChI is InChI=1S/C12H16N2O3/c1-13-6-3-5-10(11(13)16)12(17)14-7-2-4-9(15)8-14/h3,5-6,9,15H,2,4,7-8H2,1H3/t9-/m1/s1. The lowest BCUT2D eigenvalue weighted by molar-refractivity contribution is 0.0472. The number of β-amino-alcohol motifs (C(OH)–C–C–N with tert-alkyl or cyclic N) is 1. The minimum atomic E-state index is -0.472. The highest BCUT2D eigenvalue weighted by atomic mass is 16.3.